The summed E-state index contributed by atoms with van der Waals surface area (Å²) in [6.45, 7) is 6.34. The van der Waals surface area contributed by atoms with Gasteiger partial charge in [0.15, 0.2) is 11.5 Å². The Morgan fingerprint density at radius 3 is 2.19 bits per heavy atom. The van der Waals surface area contributed by atoms with Gasteiger partial charge in [0.1, 0.15) is 0 Å². The number of hydrogen-bond acceptors (Lipinski definition) is 4. The Morgan fingerprint density at radius 2 is 1.54 bits per heavy atom. The smallest absolute Gasteiger partial charge is 0.276 e. The number of amides is 1. The molecule has 0 atom stereocenters. The van der Waals surface area contributed by atoms with Crippen molar-refractivity contribution in [2.24, 2.45) is 0 Å². The maximum atomic E-state index is 12.5. The molecule has 5 heteroatoms. The lowest BCUT2D eigenvalue weighted by atomic mass is 9.86. The van der Waals surface area contributed by atoms with Gasteiger partial charge in [0.2, 0.25) is 0 Å². The van der Waals surface area contributed by atoms with E-state index in [0.29, 0.717) is 5.82 Å². The van der Waals surface area contributed by atoms with Crippen molar-refractivity contribution in [3.63, 3.8) is 0 Å². The molecular weight excluding hydrogens is 324 g/mol. The molecule has 0 spiro atoms. The molecule has 5 nitrogen and oxygen atoms in total. The second kappa shape index (κ2) is 7.35. The number of para-hydroxylation sites is 2. The van der Waals surface area contributed by atoms with Gasteiger partial charge in [-0.2, -0.15) is 0 Å². The van der Waals surface area contributed by atoms with Gasteiger partial charge in [-0.05, 0) is 41.3 Å². The number of benzene rings is 2. The monoisotopic (exact) mass is 346 g/mol. The Labute approximate surface area is 153 Å². The van der Waals surface area contributed by atoms with Crippen LogP contribution >= 0.6 is 0 Å². The van der Waals surface area contributed by atoms with Crippen LogP contribution in [0.1, 0.15) is 36.8 Å². The number of rotatable bonds is 4. The number of carbonyl (C=O) groups is 1. The largest absolute Gasteiger partial charge is 0.339 e. The van der Waals surface area contributed by atoms with Crippen LogP contribution in [-0.2, 0) is 5.41 Å². The highest BCUT2D eigenvalue weighted by Crippen LogP contribution is 2.29. The van der Waals surface area contributed by atoms with Crippen LogP contribution in [0.3, 0.4) is 0 Å². The van der Waals surface area contributed by atoms with Crippen molar-refractivity contribution in [3.05, 3.63) is 78.0 Å². The molecule has 1 aromatic heterocycles. The van der Waals surface area contributed by atoms with E-state index in [1.807, 2.05) is 54.6 Å². The van der Waals surface area contributed by atoms with Gasteiger partial charge in [-0.25, -0.2) is 0 Å². The molecule has 26 heavy (non-hydrogen) atoms. The van der Waals surface area contributed by atoms with E-state index in [9.17, 15) is 4.79 Å². The molecule has 2 aromatic carbocycles. The minimum atomic E-state index is -0.277. The first-order valence-corrected chi connectivity index (χ1v) is 8.50. The lowest BCUT2D eigenvalue weighted by molar-refractivity contribution is 0.102. The fourth-order valence-electron chi connectivity index (χ4n) is 2.62. The van der Waals surface area contributed by atoms with Crippen molar-refractivity contribution in [2.45, 2.75) is 26.2 Å². The van der Waals surface area contributed by atoms with Crippen LogP contribution in [-0.4, -0.2) is 16.1 Å². The van der Waals surface area contributed by atoms with E-state index in [1.165, 1.54) is 0 Å². The van der Waals surface area contributed by atoms with E-state index in [1.54, 1.807) is 12.1 Å². The quantitative estimate of drug-likeness (QED) is 0.714. The summed E-state index contributed by atoms with van der Waals surface area (Å²) in [6.07, 6.45) is 0. The summed E-state index contributed by atoms with van der Waals surface area (Å²) in [5.41, 5.74) is 2.98. The number of nitrogens with one attached hydrogen (secondary N) is 2. The Bertz CT molecular complexity index is 884. The van der Waals surface area contributed by atoms with Crippen LogP contribution in [0.15, 0.2) is 66.7 Å². The third-order valence-corrected chi connectivity index (χ3v) is 3.93. The molecule has 0 aliphatic rings. The number of carbonyl (C=O) groups excluding carboxylic acids is 1. The van der Waals surface area contributed by atoms with Crippen molar-refractivity contribution in [2.75, 3.05) is 10.6 Å². The first-order chi connectivity index (χ1) is 12.4. The predicted molar refractivity (Wildman–Crippen MR) is 105 cm³/mol. The van der Waals surface area contributed by atoms with Gasteiger partial charge in [0, 0.05) is 11.4 Å². The molecule has 3 rings (SSSR count). The minimum Gasteiger partial charge on any atom is -0.339 e. The maximum Gasteiger partial charge on any atom is 0.276 e. The zero-order valence-electron chi connectivity index (χ0n) is 15.2. The van der Waals surface area contributed by atoms with Crippen molar-refractivity contribution >= 4 is 23.1 Å². The second-order valence-electron chi connectivity index (χ2n) is 7.04. The molecule has 0 bridgehead atoms. The van der Waals surface area contributed by atoms with E-state index in [4.69, 9.17) is 0 Å². The Morgan fingerprint density at radius 1 is 0.846 bits per heavy atom. The number of anilines is 3. The Kier molecular flexibility index (Phi) is 4.98. The van der Waals surface area contributed by atoms with Gasteiger partial charge < -0.3 is 10.6 Å². The highest BCUT2D eigenvalue weighted by molar-refractivity contribution is 6.03. The molecule has 0 fully saturated rings. The standard InChI is InChI=1S/C21H22N4O/c1-21(2,3)16-11-7-8-12-17(16)23-20(26)18-13-14-19(25-24-18)22-15-9-5-4-6-10-15/h4-14H,1-3H3,(H,22,25)(H,23,26). The summed E-state index contributed by atoms with van der Waals surface area (Å²) < 4.78 is 0. The van der Waals surface area contributed by atoms with E-state index < -0.39 is 0 Å². The third kappa shape index (κ3) is 4.25. The highest BCUT2D eigenvalue weighted by Gasteiger charge is 2.19. The first-order valence-electron chi connectivity index (χ1n) is 8.50. The van der Waals surface area contributed by atoms with E-state index in [-0.39, 0.29) is 17.0 Å². The van der Waals surface area contributed by atoms with Crippen LogP contribution in [0.2, 0.25) is 0 Å². The highest BCUT2D eigenvalue weighted by atomic mass is 16.1. The van der Waals surface area contributed by atoms with Crippen molar-refractivity contribution in [1.29, 1.82) is 0 Å². The fourth-order valence-corrected chi connectivity index (χ4v) is 2.62. The molecule has 2 N–H and O–H groups in total. The van der Waals surface area contributed by atoms with E-state index in [0.717, 1.165) is 16.9 Å². The van der Waals surface area contributed by atoms with Crippen LogP contribution in [0, 0.1) is 0 Å². The van der Waals surface area contributed by atoms with Crippen molar-refractivity contribution < 1.29 is 4.79 Å². The molecular formula is C21H22N4O. The molecule has 0 unspecified atom stereocenters. The molecule has 0 saturated carbocycles. The van der Waals surface area contributed by atoms with Crippen LogP contribution in [0.4, 0.5) is 17.2 Å². The molecule has 3 aromatic rings. The number of aromatic nitrogens is 2. The second-order valence-corrected chi connectivity index (χ2v) is 7.04. The summed E-state index contributed by atoms with van der Waals surface area (Å²) in [7, 11) is 0. The van der Waals surface area contributed by atoms with Crippen molar-refractivity contribution in [1.82, 2.24) is 10.2 Å². The Hall–Kier alpha value is -3.21. The Balaban J connectivity index is 1.73. The van der Waals surface area contributed by atoms with Gasteiger partial charge in [-0.3, -0.25) is 4.79 Å². The zero-order valence-corrected chi connectivity index (χ0v) is 15.2. The fraction of sp³-hybridized carbons (Fsp3) is 0.190. The first kappa shape index (κ1) is 17.6. The van der Waals surface area contributed by atoms with Gasteiger partial charge >= 0.3 is 0 Å². The zero-order chi connectivity index (χ0) is 18.6. The molecule has 1 amide bonds. The summed E-state index contributed by atoms with van der Waals surface area (Å²) in [6, 6.07) is 20.9. The summed E-state index contributed by atoms with van der Waals surface area (Å²) >= 11 is 0. The molecule has 0 saturated heterocycles. The molecule has 0 aliphatic heterocycles. The average Bonchev–Trinajstić information content (AvgIpc) is 2.63. The minimum absolute atomic E-state index is 0.0704. The van der Waals surface area contributed by atoms with Gasteiger partial charge in [-0.15, -0.1) is 10.2 Å². The average molecular weight is 346 g/mol. The maximum absolute atomic E-state index is 12.5. The topological polar surface area (TPSA) is 66.9 Å². The summed E-state index contributed by atoms with van der Waals surface area (Å²) in [4.78, 5) is 12.5. The van der Waals surface area contributed by atoms with Gasteiger partial charge in [0.05, 0.1) is 0 Å². The third-order valence-electron chi connectivity index (χ3n) is 3.93. The number of hydrogen-bond donors (Lipinski definition) is 2. The van der Waals surface area contributed by atoms with Gasteiger partial charge in [-0.1, -0.05) is 57.2 Å². The lowest BCUT2D eigenvalue weighted by Crippen LogP contribution is -2.19. The molecule has 1 heterocycles. The van der Waals surface area contributed by atoms with E-state index >= 15 is 0 Å². The molecule has 0 aliphatic carbocycles. The van der Waals surface area contributed by atoms with Crippen LogP contribution in [0.25, 0.3) is 0 Å². The summed E-state index contributed by atoms with van der Waals surface area (Å²) in [5, 5.41) is 14.2. The molecule has 0 radical (unpaired) electrons. The van der Waals surface area contributed by atoms with Crippen LogP contribution < -0.4 is 10.6 Å². The number of nitrogens with zero attached hydrogens (tertiary/aromatic N) is 2. The predicted octanol–water partition coefficient (Wildman–Crippen LogP) is 4.77. The van der Waals surface area contributed by atoms with Crippen LogP contribution in [0.5, 0.6) is 0 Å². The summed E-state index contributed by atoms with van der Waals surface area (Å²) in [5.74, 6) is 0.309. The normalized spacial score (nSPS) is 11.0. The van der Waals surface area contributed by atoms with Gasteiger partial charge in [0.25, 0.3) is 5.91 Å². The lowest BCUT2D eigenvalue weighted by Gasteiger charge is -2.22. The molecule has 132 valence electrons. The SMILES string of the molecule is CC(C)(C)c1ccccc1NC(=O)c1ccc(Nc2ccccc2)nn1. The van der Waals surface area contributed by atoms with Crippen molar-refractivity contribution in [3.8, 4) is 0 Å². The van der Waals surface area contributed by atoms with E-state index in [2.05, 4.69) is 41.6 Å².